The molecule has 0 spiro atoms. The standard InChI is InChI=1S/C19H23F2N3O2/c1-3-8-24-17(12-4-5-12)14(10-23-24)18(25)22-11-19(2,26)15-7-6-13(20)9-16(15)21/h6-7,9-10,12,26H,3-5,8,11H2,1-2H3,(H,22,25). The Labute approximate surface area is 151 Å². The maximum absolute atomic E-state index is 13.9. The van der Waals surface area contributed by atoms with Crippen LogP contribution in [0.15, 0.2) is 24.4 Å². The van der Waals surface area contributed by atoms with Crippen LogP contribution in [-0.2, 0) is 12.1 Å². The number of hydrogen-bond acceptors (Lipinski definition) is 3. The lowest BCUT2D eigenvalue weighted by molar-refractivity contribution is 0.0494. The summed E-state index contributed by atoms with van der Waals surface area (Å²) in [6.07, 6.45) is 4.54. The summed E-state index contributed by atoms with van der Waals surface area (Å²) in [5.74, 6) is -1.57. The first kappa shape index (κ1) is 18.5. The minimum Gasteiger partial charge on any atom is -0.383 e. The Hall–Kier alpha value is -2.28. The van der Waals surface area contributed by atoms with Crippen LogP contribution in [0.2, 0.25) is 0 Å². The van der Waals surface area contributed by atoms with Crippen molar-refractivity contribution >= 4 is 5.91 Å². The number of halogens is 2. The smallest absolute Gasteiger partial charge is 0.254 e. The number of benzene rings is 1. The van der Waals surface area contributed by atoms with E-state index in [1.807, 2.05) is 11.6 Å². The minimum absolute atomic E-state index is 0.0664. The number of hydrogen-bond donors (Lipinski definition) is 2. The summed E-state index contributed by atoms with van der Waals surface area (Å²) in [6.45, 7) is 3.98. The Morgan fingerprint density at radius 1 is 1.42 bits per heavy atom. The van der Waals surface area contributed by atoms with E-state index < -0.39 is 17.2 Å². The Morgan fingerprint density at radius 2 is 2.15 bits per heavy atom. The zero-order chi connectivity index (χ0) is 18.9. The molecule has 2 aromatic rings. The molecule has 1 unspecified atom stereocenters. The van der Waals surface area contributed by atoms with Crippen molar-refractivity contribution < 1.29 is 18.7 Å². The van der Waals surface area contributed by atoms with Gasteiger partial charge in [-0.1, -0.05) is 13.0 Å². The van der Waals surface area contributed by atoms with Gasteiger partial charge >= 0.3 is 0 Å². The number of nitrogens with zero attached hydrogens (tertiary/aromatic N) is 2. The van der Waals surface area contributed by atoms with Gasteiger partial charge in [-0.05, 0) is 32.3 Å². The van der Waals surface area contributed by atoms with E-state index in [4.69, 9.17) is 0 Å². The molecule has 1 aliphatic carbocycles. The second-order valence-corrected chi connectivity index (χ2v) is 7.02. The monoisotopic (exact) mass is 363 g/mol. The van der Waals surface area contributed by atoms with Crippen LogP contribution in [0.3, 0.4) is 0 Å². The van der Waals surface area contributed by atoms with Crippen molar-refractivity contribution in [3.05, 3.63) is 52.9 Å². The van der Waals surface area contributed by atoms with Crippen LogP contribution in [0.1, 0.15) is 60.6 Å². The van der Waals surface area contributed by atoms with Crippen molar-refractivity contribution in [3.8, 4) is 0 Å². The van der Waals surface area contributed by atoms with Crippen LogP contribution in [0.5, 0.6) is 0 Å². The minimum atomic E-state index is -1.66. The van der Waals surface area contributed by atoms with Crippen LogP contribution in [0.4, 0.5) is 8.78 Å². The first-order valence-corrected chi connectivity index (χ1v) is 8.85. The topological polar surface area (TPSA) is 67.2 Å². The van der Waals surface area contributed by atoms with E-state index >= 15 is 0 Å². The molecule has 0 aliphatic heterocycles. The highest BCUT2D eigenvalue weighted by molar-refractivity contribution is 5.95. The summed E-state index contributed by atoms with van der Waals surface area (Å²) >= 11 is 0. The first-order valence-electron chi connectivity index (χ1n) is 8.85. The van der Waals surface area contributed by atoms with Crippen molar-refractivity contribution in [3.63, 3.8) is 0 Å². The summed E-state index contributed by atoms with van der Waals surface area (Å²) in [5, 5.41) is 17.5. The molecular formula is C19H23F2N3O2. The van der Waals surface area contributed by atoms with Crippen LogP contribution >= 0.6 is 0 Å². The number of nitrogens with one attached hydrogen (secondary N) is 1. The molecule has 1 aliphatic rings. The molecule has 1 heterocycles. The van der Waals surface area contributed by atoms with Crippen LogP contribution in [0, 0.1) is 11.6 Å². The zero-order valence-electron chi connectivity index (χ0n) is 14.9. The Balaban J connectivity index is 1.74. The molecule has 1 fully saturated rings. The van der Waals surface area contributed by atoms with Gasteiger partial charge in [0.2, 0.25) is 0 Å². The SMILES string of the molecule is CCCn1ncc(C(=O)NCC(C)(O)c2ccc(F)cc2F)c1C1CC1. The van der Waals surface area contributed by atoms with Gasteiger partial charge in [0, 0.05) is 24.1 Å². The molecule has 140 valence electrons. The Bertz CT molecular complexity index is 813. The van der Waals surface area contributed by atoms with Crippen molar-refractivity contribution in [1.29, 1.82) is 0 Å². The third kappa shape index (κ3) is 3.77. The Kier molecular flexibility index (Phi) is 5.09. The van der Waals surface area contributed by atoms with Gasteiger partial charge in [0.05, 0.1) is 24.0 Å². The highest BCUT2D eigenvalue weighted by Crippen LogP contribution is 2.41. The molecule has 26 heavy (non-hydrogen) atoms. The maximum atomic E-state index is 13.9. The fourth-order valence-corrected chi connectivity index (χ4v) is 3.12. The van der Waals surface area contributed by atoms with Gasteiger partial charge in [0.25, 0.3) is 5.91 Å². The van der Waals surface area contributed by atoms with Gasteiger partial charge in [0.15, 0.2) is 0 Å². The molecule has 0 radical (unpaired) electrons. The van der Waals surface area contributed by atoms with E-state index in [2.05, 4.69) is 10.4 Å². The predicted octanol–water partition coefficient (Wildman–Crippen LogP) is 3.09. The molecular weight excluding hydrogens is 340 g/mol. The second-order valence-electron chi connectivity index (χ2n) is 7.02. The van der Waals surface area contributed by atoms with Gasteiger partial charge in [-0.2, -0.15) is 5.10 Å². The van der Waals surface area contributed by atoms with Crippen LogP contribution in [-0.4, -0.2) is 27.3 Å². The lowest BCUT2D eigenvalue weighted by atomic mass is 9.95. The molecule has 2 N–H and O–H groups in total. The fraction of sp³-hybridized carbons (Fsp3) is 0.474. The summed E-state index contributed by atoms with van der Waals surface area (Å²) in [4.78, 5) is 12.6. The van der Waals surface area contributed by atoms with E-state index in [1.54, 1.807) is 6.20 Å². The molecule has 1 atom stereocenters. The number of aromatic nitrogens is 2. The van der Waals surface area contributed by atoms with E-state index in [0.29, 0.717) is 17.5 Å². The summed E-state index contributed by atoms with van der Waals surface area (Å²) < 4.78 is 28.9. The normalized spacial score (nSPS) is 16.3. The quantitative estimate of drug-likeness (QED) is 0.794. The third-order valence-corrected chi connectivity index (χ3v) is 4.63. The highest BCUT2D eigenvalue weighted by atomic mass is 19.1. The molecule has 1 aromatic carbocycles. The van der Waals surface area contributed by atoms with Gasteiger partial charge in [-0.25, -0.2) is 8.78 Å². The first-order chi connectivity index (χ1) is 12.3. The lowest BCUT2D eigenvalue weighted by Crippen LogP contribution is -2.39. The van der Waals surface area contributed by atoms with Gasteiger partial charge in [-0.15, -0.1) is 0 Å². The number of carbonyl (C=O) groups is 1. The molecule has 1 amide bonds. The molecule has 3 rings (SSSR count). The average molecular weight is 363 g/mol. The predicted molar refractivity (Wildman–Crippen MR) is 92.8 cm³/mol. The number of carbonyl (C=O) groups excluding carboxylic acids is 1. The van der Waals surface area contributed by atoms with Crippen LogP contribution in [0.25, 0.3) is 0 Å². The second kappa shape index (κ2) is 7.15. The van der Waals surface area contributed by atoms with Gasteiger partial charge < -0.3 is 10.4 Å². The van der Waals surface area contributed by atoms with E-state index in [0.717, 1.165) is 37.6 Å². The van der Waals surface area contributed by atoms with E-state index in [1.165, 1.54) is 13.0 Å². The maximum Gasteiger partial charge on any atom is 0.254 e. The van der Waals surface area contributed by atoms with Crippen molar-refractivity contribution in [2.45, 2.75) is 51.2 Å². The fourth-order valence-electron chi connectivity index (χ4n) is 3.12. The average Bonchev–Trinajstić information content (AvgIpc) is 3.33. The molecule has 0 saturated heterocycles. The third-order valence-electron chi connectivity index (χ3n) is 4.63. The highest BCUT2D eigenvalue weighted by Gasteiger charge is 2.33. The van der Waals surface area contributed by atoms with E-state index in [-0.39, 0.29) is 18.0 Å². The number of aliphatic hydroxyl groups is 1. The Morgan fingerprint density at radius 3 is 2.77 bits per heavy atom. The molecule has 7 heteroatoms. The van der Waals surface area contributed by atoms with Crippen molar-refractivity contribution in [1.82, 2.24) is 15.1 Å². The number of aryl methyl sites for hydroxylation is 1. The number of rotatable bonds is 7. The van der Waals surface area contributed by atoms with E-state index in [9.17, 15) is 18.7 Å². The summed E-state index contributed by atoms with van der Waals surface area (Å²) in [7, 11) is 0. The van der Waals surface area contributed by atoms with Gasteiger partial charge in [-0.3, -0.25) is 9.48 Å². The lowest BCUT2D eigenvalue weighted by Gasteiger charge is -2.24. The summed E-state index contributed by atoms with van der Waals surface area (Å²) in [5.41, 5.74) is -0.302. The van der Waals surface area contributed by atoms with Crippen molar-refractivity contribution in [2.24, 2.45) is 0 Å². The van der Waals surface area contributed by atoms with Crippen molar-refractivity contribution in [2.75, 3.05) is 6.54 Å². The molecule has 0 bridgehead atoms. The summed E-state index contributed by atoms with van der Waals surface area (Å²) in [6, 6.07) is 2.98. The van der Waals surface area contributed by atoms with Crippen LogP contribution < -0.4 is 5.32 Å². The molecule has 1 saturated carbocycles. The largest absolute Gasteiger partial charge is 0.383 e. The molecule has 5 nitrogen and oxygen atoms in total. The number of amides is 1. The van der Waals surface area contributed by atoms with Gasteiger partial charge in [0.1, 0.15) is 17.2 Å². The molecule has 1 aromatic heterocycles. The zero-order valence-corrected chi connectivity index (χ0v) is 14.9.